The SMILES string of the molecule is CC1=C(C(=O)Nc2ccccc2)[C@H](c2ccc(Cl)cc2)n2c(s/c(=C/c3ccc(OC(F)F)cc3)c2=O)=N1. The van der Waals surface area contributed by atoms with Crippen molar-refractivity contribution >= 4 is 40.6 Å². The summed E-state index contributed by atoms with van der Waals surface area (Å²) in [5.74, 6) is -0.354. The van der Waals surface area contributed by atoms with Gasteiger partial charge in [-0.05, 0) is 60.5 Å². The smallest absolute Gasteiger partial charge is 0.387 e. The quantitative estimate of drug-likeness (QED) is 0.361. The summed E-state index contributed by atoms with van der Waals surface area (Å²) in [5.41, 5.74) is 2.42. The summed E-state index contributed by atoms with van der Waals surface area (Å²) in [7, 11) is 0. The molecule has 0 bridgehead atoms. The zero-order valence-electron chi connectivity index (χ0n) is 19.9. The van der Waals surface area contributed by atoms with Gasteiger partial charge in [-0.3, -0.25) is 14.2 Å². The average Bonchev–Trinajstić information content (AvgIpc) is 3.19. The lowest BCUT2D eigenvalue weighted by molar-refractivity contribution is -0.113. The van der Waals surface area contributed by atoms with Crippen molar-refractivity contribution in [1.29, 1.82) is 0 Å². The van der Waals surface area contributed by atoms with Gasteiger partial charge in [0, 0.05) is 10.7 Å². The summed E-state index contributed by atoms with van der Waals surface area (Å²) >= 11 is 7.30. The number of nitrogens with zero attached hydrogens (tertiary/aromatic N) is 2. The van der Waals surface area contributed by atoms with Crippen LogP contribution in [0.3, 0.4) is 0 Å². The van der Waals surface area contributed by atoms with Crippen LogP contribution in [-0.4, -0.2) is 17.1 Å². The maximum Gasteiger partial charge on any atom is 0.387 e. The van der Waals surface area contributed by atoms with E-state index in [9.17, 15) is 18.4 Å². The number of hydrogen-bond acceptors (Lipinski definition) is 5. The summed E-state index contributed by atoms with van der Waals surface area (Å²) in [5, 5.41) is 3.43. The average molecular weight is 552 g/mol. The Hall–Kier alpha value is -4.08. The lowest BCUT2D eigenvalue weighted by atomic mass is 9.95. The van der Waals surface area contributed by atoms with E-state index in [0.717, 1.165) is 0 Å². The van der Waals surface area contributed by atoms with Crippen LogP contribution in [0.1, 0.15) is 24.1 Å². The number of hydrogen-bond donors (Lipinski definition) is 1. The Kier molecular flexibility index (Phi) is 7.22. The molecule has 0 unspecified atom stereocenters. The third kappa shape index (κ3) is 5.29. The normalized spacial score (nSPS) is 15.3. The summed E-state index contributed by atoms with van der Waals surface area (Å²) in [4.78, 5) is 32.2. The number of ether oxygens (including phenoxy) is 1. The molecule has 1 N–H and O–H groups in total. The number of benzene rings is 3. The Bertz CT molecular complexity index is 1700. The van der Waals surface area contributed by atoms with Crippen molar-refractivity contribution in [1.82, 2.24) is 4.57 Å². The third-order valence-electron chi connectivity index (χ3n) is 5.89. The van der Waals surface area contributed by atoms with Gasteiger partial charge in [0.25, 0.3) is 11.5 Å². The van der Waals surface area contributed by atoms with E-state index in [1.807, 2.05) is 18.2 Å². The zero-order valence-corrected chi connectivity index (χ0v) is 21.5. The first-order valence-corrected chi connectivity index (χ1v) is 12.7. The molecule has 0 radical (unpaired) electrons. The maximum atomic E-state index is 13.7. The number of allylic oxidation sites excluding steroid dienone is 1. The number of thiazole rings is 1. The molecule has 3 aromatic carbocycles. The molecule has 38 heavy (non-hydrogen) atoms. The van der Waals surface area contributed by atoms with Crippen molar-refractivity contribution in [3.63, 3.8) is 0 Å². The standard InChI is InChI=1S/C28H20ClF2N3O3S/c1-16-23(25(35)33-20-5-3-2-4-6-20)24(18-9-11-19(29)12-10-18)34-26(36)22(38-28(34)32-16)15-17-7-13-21(14-8-17)37-27(30)31/h2-15,24,27H,1H3,(H,33,35)/b22-15+/t24-/m0/s1. The van der Waals surface area contributed by atoms with Crippen molar-refractivity contribution < 1.29 is 18.3 Å². The van der Waals surface area contributed by atoms with Crippen molar-refractivity contribution in [2.75, 3.05) is 5.32 Å². The third-order valence-corrected chi connectivity index (χ3v) is 7.12. The molecule has 4 aromatic rings. The number of nitrogens with one attached hydrogen (secondary N) is 1. The molecule has 2 heterocycles. The highest BCUT2D eigenvalue weighted by molar-refractivity contribution is 7.07. The Balaban J connectivity index is 1.61. The van der Waals surface area contributed by atoms with Gasteiger partial charge in [0.15, 0.2) is 4.80 Å². The van der Waals surface area contributed by atoms with Gasteiger partial charge < -0.3 is 10.1 Å². The number of para-hydroxylation sites is 1. The fraction of sp³-hybridized carbons (Fsp3) is 0.107. The number of halogens is 3. The fourth-order valence-corrected chi connectivity index (χ4v) is 5.36. The van der Waals surface area contributed by atoms with Crippen molar-refractivity contribution in [3.8, 4) is 5.75 Å². The molecule has 1 atom stereocenters. The lowest BCUT2D eigenvalue weighted by Gasteiger charge is -2.25. The minimum Gasteiger partial charge on any atom is -0.435 e. The van der Waals surface area contributed by atoms with Crippen LogP contribution in [0, 0.1) is 0 Å². The van der Waals surface area contributed by atoms with Crippen LogP contribution in [0.5, 0.6) is 5.75 Å². The van der Waals surface area contributed by atoms with E-state index in [-0.39, 0.29) is 17.2 Å². The highest BCUT2D eigenvalue weighted by atomic mass is 35.5. The number of aromatic nitrogens is 1. The highest BCUT2D eigenvalue weighted by Gasteiger charge is 2.32. The second kappa shape index (κ2) is 10.7. The van der Waals surface area contributed by atoms with Crippen LogP contribution in [0.4, 0.5) is 14.5 Å². The van der Waals surface area contributed by atoms with E-state index in [1.54, 1.807) is 61.5 Å². The molecule has 6 nitrogen and oxygen atoms in total. The fourth-order valence-electron chi connectivity index (χ4n) is 4.19. The van der Waals surface area contributed by atoms with Crippen molar-refractivity contribution in [2.24, 2.45) is 4.99 Å². The molecule has 1 aliphatic rings. The first-order chi connectivity index (χ1) is 18.3. The van der Waals surface area contributed by atoms with Gasteiger partial charge in [0.2, 0.25) is 0 Å². The molecule has 1 amide bonds. The van der Waals surface area contributed by atoms with E-state index in [1.165, 1.54) is 28.0 Å². The summed E-state index contributed by atoms with van der Waals surface area (Å²) in [6, 6.07) is 21.2. The zero-order chi connectivity index (χ0) is 26.8. The molecule has 0 aliphatic carbocycles. The Morgan fingerprint density at radius 2 is 1.76 bits per heavy atom. The minimum atomic E-state index is -2.92. The predicted molar refractivity (Wildman–Crippen MR) is 143 cm³/mol. The molecule has 0 fully saturated rings. The van der Waals surface area contributed by atoms with Gasteiger partial charge in [-0.1, -0.05) is 65.4 Å². The summed E-state index contributed by atoms with van der Waals surface area (Å²) in [6.45, 7) is -1.18. The molecule has 1 aliphatic heterocycles. The molecule has 1 aromatic heterocycles. The van der Waals surface area contributed by atoms with Crippen molar-refractivity contribution in [3.05, 3.63) is 126 Å². The molecule has 0 saturated carbocycles. The lowest BCUT2D eigenvalue weighted by Crippen LogP contribution is -2.40. The number of fused-ring (bicyclic) bond motifs is 1. The van der Waals surface area contributed by atoms with Crippen molar-refractivity contribution in [2.45, 2.75) is 19.6 Å². The first kappa shape index (κ1) is 25.6. The Morgan fingerprint density at radius 3 is 2.42 bits per heavy atom. The van der Waals surface area contributed by atoms with Gasteiger partial charge in [0.05, 0.1) is 21.8 Å². The van der Waals surface area contributed by atoms with E-state index < -0.39 is 12.7 Å². The van der Waals surface area contributed by atoms with Crippen LogP contribution in [0.15, 0.2) is 99.9 Å². The highest BCUT2D eigenvalue weighted by Crippen LogP contribution is 2.31. The van der Waals surface area contributed by atoms with Crippen LogP contribution in [0.25, 0.3) is 6.08 Å². The second-order valence-electron chi connectivity index (χ2n) is 8.40. The van der Waals surface area contributed by atoms with E-state index >= 15 is 0 Å². The van der Waals surface area contributed by atoms with Gasteiger partial charge in [0.1, 0.15) is 5.75 Å². The number of carbonyl (C=O) groups is 1. The number of rotatable bonds is 6. The molecular weight excluding hydrogens is 532 g/mol. The van der Waals surface area contributed by atoms with Crippen LogP contribution < -0.4 is 24.9 Å². The molecule has 5 rings (SSSR count). The largest absolute Gasteiger partial charge is 0.435 e. The molecular formula is C28H20ClF2N3O3S. The van der Waals surface area contributed by atoms with Crippen LogP contribution in [0.2, 0.25) is 5.02 Å². The van der Waals surface area contributed by atoms with E-state index in [2.05, 4.69) is 15.0 Å². The number of anilines is 1. The number of amides is 1. The molecule has 0 saturated heterocycles. The Labute approximate surface area is 224 Å². The van der Waals surface area contributed by atoms with Gasteiger partial charge in [-0.2, -0.15) is 8.78 Å². The van der Waals surface area contributed by atoms with Crippen LogP contribution >= 0.6 is 22.9 Å². The summed E-state index contributed by atoms with van der Waals surface area (Å²) < 4.78 is 31.2. The molecule has 10 heteroatoms. The number of alkyl halides is 2. The summed E-state index contributed by atoms with van der Waals surface area (Å²) in [6.07, 6.45) is 1.65. The van der Waals surface area contributed by atoms with Gasteiger partial charge in [-0.25, -0.2) is 4.99 Å². The van der Waals surface area contributed by atoms with E-state index in [4.69, 9.17) is 11.6 Å². The van der Waals surface area contributed by atoms with Gasteiger partial charge >= 0.3 is 6.61 Å². The van der Waals surface area contributed by atoms with Gasteiger partial charge in [-0.15, -0.1) is 0 Å². The maximum absolute atomic E-state index is 13.7. The van der Waals surface area contributed by atoms with E-state index in [0.29, 0.717) is 42.4 Å². The minimum absolute atomic E-state index is 0.0195. The first-order valence-electron chi connectivity index (χ1n) is 11.5. The number of carbonyl (C=O) groups excluding carboxylic acids is 1. The topological polar surface area (TPSA) is 72.7 Å². The predicted octanol–water partition coefficient (Wildman–Crippen LogP) is 5.13. The Morgan fingerprint density at radius 1 is 1.08 bits per heavy atom. The molecule has 0 spiro atoms. The second-order valence-corrected chi connectivity index (χ2v) is 9.85. The monoisotopic (exact) mass is 551 g/mol. The van der Waals surface area contributed by atoms with Crippen LogP contribution in [-0.2, 0) is 4.79 Å². The molecule has 192 valence electrons.